The quantitative estimate of drug-likeness (QED) is 0.748. The summed E-state index contributed by atoms with van der Waals surface area (Å²) in [7, 11) is 1.97. The zero-order valence-corrected chi connectivity index (χ0v) is 12.6. The fourth-order valence-corrected chi connectivity index (χ4v) is 3.00. The van der Waals surface area contributed by atoms with Crippen LogP contribution >= 0.6 is 11.8 Å². The Morgan fingerprint density at radius 2 is 2.28 bits per heavy atom. The summed E-state index contributed by atoms with van der Waals surface area (Å²) in [6.45, 7) is 7.36. The highest BCUT2D eigenvalue weighted by Crippen LogP contribution is 2.20. The maximum atomic E-state index is 11.6. The van der Waals surface area contributed by atoms with Crippen LogP contribution in [-0.4, -0.2) is 49.4 Å². The molecule has 0 saturated carbocycles. The van der Waals surface area contributed by atoms with Crippen LogP contribution in [0.4, 0.5) is 0 Å². The van der Waals surface area contributed by atoms with Crippen LogP contribution < -0.4 is 5.32 Å². The molecule has 0 bridgehead atoms. The molecule has 18 heavy (non-hydrogen) atoms. The molecule has 0 aliphatic carbocycles. The Hall–Kier alpha value is -0.260. The van der Waals surface area contributed by atoms with Gasteiger partial charge in [-0.2, -0.15) is 0 Å². The van der Waals surface area contributed by atoms with Crippen molar-refractivity contribution >= 4 is 17.7 Å². The molecule has 0 spiro atoms. The first-order valence-electron chi connectivity index (χ1n) is 6.47. The zero-order valence-electron chi connectivity index (χ0n) is 11.8. The molecule has 2 atom stereocenters. The fraction of sp³-hybridized carbons (Fsp3) is 0.923. The first-order chi connectivity index (χ1) is 8.42. The molecule has 0 amide bonds. The van der Waals surface area contributed by atoms with E-state index < -0.39 is 0 Å². The van der Waals surface area contributed by atoms with Crippen molar-refractivity contribution in [3.05, 3.63) is 0 Å². The van der Waals surface area contributed by atoms with Crippen molar-refractivity contribution in [1.82, 2.24) is 5.32 Å². The van der Waals surface area contributed by atoms with E-state index in [0.717, 1.165) is 25.4 Å². The zero-order chi connectivity index (χ0) is 13.6. The number of carbonyl (C=O) groups excluding carboxylic acids is 1. The summed E-state index contributed by atoms with van der Waals surface area (Å²) < 4.78 is 10.7. The van der Waals surface area contributed by atoms with E-state index >= 15 is 0 Å². The summed E-state index contributed by atoms with van der Waals surface area (Å²) in [6.07, 6.45) is 1.11. The minimum atomic E-state index is -0.390. The van der Waals surface area contributed by atoms with Crippen molar-refractivity contribution < 1.29 is 14.3 Å². The smallest absolute Gasteiger partial charge is 0.316 e. The van der Waals surface area contributed by atoms with Gasteiger partial charge in [-0.3, -0.25) is 4.79 Å². The van der Waals surface area contributed by atoms with Gasteiger partial charge >= 0.3 is 5.97 Å². The molecule has 1 aliphatic rings. The Balaban J connectivity index is 2.20. The second-order valence-electron chi connectivity index (χ2n) is 5.62. The van der Waals surface area contributed by atoms with Gasteiger partial charge in [0.2, 0.25) is 0 Å². The number of hydrogen-bond acceptors (Lipinski definition) is 5. The second-order valence-corrected chi connectivity index (χ2v) is 6.65. The van der Waals surface area contributed by atoms with Gasteiger partial charge in [0.05, 0.1) is 12.4 Å². The summed E-state index contributed by atoms with van der Waals surface area (Å²) in [5.41, 5.74) is -0.390. The molecule has 106 valence electrons. The van der Waals surface area contributed by atoms with E-state index in [1.54, 1.807) is 11.8 Å². The monoisotopic (exact) mass is 275 g/mol. The maximum Gasteiger partial charge on any atom is 0.316 e. The highest BCUT2D eigenvalue weighted by molar-refractivity contribution is 7.99. The molecule has 1 N–H and O–H groups in total. The van der Waals surface area contributed by atoms with Gasteiger partial charge in [0, 0.05) is 24.3 Å². The lowest BCUT2D eigenvalue weighted by Gasteiger charge is -2.22. The van der Waals surface area contributed by atoms with E-state index in [-0.39, 0.29) is 11.6 Å². The number of ether oxygens (including phenoxy) is 2. The molecule has 1 aliphatic heterocycles. The number of thioether (sulfide) groups is 1. The third-order valence-corrected chi connectivity index (χ3v) is 3.88. The van der Waals surface area contributed by atoms with Gasteiger partial charge in [0.15, 0.2) is 0 Å². The van der Waals surface area contributed by atoms with E-state index in [2.05, 4.69) is 5.32 Å². The Kier molecular flexibility index (Phi) is 6.46. The first kappa shape index (κ1) is 15.8. The van der Waals surface area contributed by atoms with Crippen LogP contribution in [0, 0.1) is 5.92 Å². The molecule has 0 radical (unpaired) electrons. The largest absolute Gasteiger partial charge is 0.459 e. The van der Waals surface area contributed by atoms with E-state index in [4.69, 9.17) is 9.47 Å². The molecular formula is C13H25NO3S. The van der Waals surface area contributed by atoms with Crippen LogP contribution in [0.3, 0.4) is 0 Å². The second kappa shape index (κ2) is 7.36. The van der Waals surface area contributed by atoms with Crippen LogP contribution in [0.2, 0.25) is 0 Å². The average molecular weight is 275 g/mol. The van der Waals surface area contributed by atoms with E-state index in [1.807, 2.05) is 27.8 Å². The number of esters is 1. The minimum absolute atomic E-state index is 0.134. The Bertz CT molecular complexity index is 259. The van der Waals surface area contributed by atoms with Crippen molar-refractivity contribution in [2.24, 2.45) is 5.92 Å². The highest BCUT2D eigenvalue weighted by Gasteiger charge is 2.25. The Labute approximate surface area is 114 Å². The number of hydrogen-bond donors (Lipinski definition) is 1. The van der Waals surface area contributed by atoms with Crippen LogP contribution in [0.1, 0.15) is 27.2 Å². The lowest BCUT2D eigenvalue weighted by Crippen LogP contribution is -2.36. The normalized spacial score (nSPS) is 21.9. The van der Waals surface area contributed by atoms with Gasteiger partial charge in [-0.05, 0) is 34.2 Å². The summed E-state index contributed by atoms with van der Waals surface area (Å²) in [5.74, 6) is 1.78. The molecule has 4 nitrogen and oxygen atoms in total. The van der Waals surface area contributed by atoms with Crippen LogP contribution in [0.5, 0.6) is 0 Å². The van der Waals surface area contributed by atoms with Gasteiger partial charge in [0.1, 0.15) is 5.60 Å². The lowest BCUT2D eigenvalue weighted by molar-refractivity contribution is -0.151. The molecule has 1 heterocycles. The summed E-state index contributed by atoms with van der Waals surface area (Å²) in [4.78, 5) is 11.6. The third kappa shape index (κ3) is 6.07. The standard InChI is InChI=1S/C13H25NO3S/c1-13(2,3)17-12(15)9-18-8-11(14-4)10-5-6-16-7-10/h10-11,14H,5-9H2,1-4H3. The van der Waals surface area contributed by atoms with Crippen LogP contribution in [0.25, 0.3) is 0 Å². The Morgan fingerprint density at radius 3 is 2.78 bits per heavy atom. The van der Waals surface area contributed by atoms with Gasteiger partial charge in [-0.1, -0.05) is 0 Å². The topological polar surface area (TPSA) is 47.6 Å². The summed E-state index contributed by atoms with van der Waals surface area (Å²) in [5, 5.41) is 3.31. The molecule has 0 aromatic heterocycles. The summed E-state index contributed by atoms with van der Waals surface area (Å²) in [6, 6.07) is 0.417. The molecule has 0 aromatic rings. The van der Waals surface area contributed by atoms with Crippen molar-refractivity contribution in [3.63, 3.8) is 0 Å². The minimum Gasteiger partial charge on any atom is -0.459 e. The van der Waals surface area contributed by atoms with Crippen molar-refractivity contribution in [2.75, 3.05) is 31.8 Å². The number of nitrogens with one attached hydrogen (secondary N) is 1. The molecule has 1 saturated heterocycles. The average Bonchev–Trinajstić information content (AvgIpc) is 2.75. The highest BCUT2D eigenvalue weighted by atomic mass is 32.2. The van der Waals surface area contributed by atoms with Gasteiger partial charge in [0.25, 0.3) is 0 Å². The lowest BCUT2D eigenvalue weighted by atomic mass is 10.0. The predicted octanol–water partition coefficient (Wildman–Crippen LogP) is 1.69. The Morgan fingerprint density at radius 1 is 1.56 bits per heavy atom. The predicted molar refractivity (Wildman–Crippen MR) is 74.9 cm³/mol. The molecule has 2 unspecified atom stereocenters. The van der Waals surface area contributed by atoms with Gasteiger partial charge < -0.3 is 14.8 Å². The molecular weight excluding hydrogens is 250 g/mol. The summed E-state index contributed by atoms with van der Waals surface area (Å²) >= 11 is 1.63. The number of carbonyl (C=O) groups is 1. The van der Waals surface area contributed by atoms with Crippen molar-refractivity contribution in [1.29, 1.82) is 0 Å². The molecule has 0 aromatic carbocycles. The maximum absolute atomic E-state index is 11.6. The van der Waals surface area contributed by atoms with Gasteiger partial charge in [-0.15, -0.1) is 11.8 Å². The van der Waals surface area contributed by atoms with E-state index in [1.165, 1.54) is 0 Å². The SMILES string of the molecule is CNC(CSCC(=O)OC(C)(C)C)C1CCOC1. The van der Waals surface area contributed by atoms with Crippen LogP contribution in [-0.2, 0) is 14.3 Å². The number of rotatable bonds is 6. The first-order valence-corrected chi connectivity index (χ1v) is 7.62. The molecule has 1 rings (SSSR count). The molecule has 5 heteroatoms. The van der Waals surface area contributed by atoms with E-state index in [9.17, 15) is 4.79 Å². The van der Waals surface area contributed by atoms with Crippen molar-refractivity contribution in [3.8, 4) is 0 Å². The van der Waals surface area contributed by atoms with Crippen molar-refractivity contribution in [2.45, 2.75) is 38.8 Å². The van der Waals surface area contributed by atoms with E-state index in [0.29, 0.717) is 17.7 Å². The van der Waals surface area contributed by atoms with Gasteiger partial charge in [-0.25, -0.2) is 0 Å². The van der Waals surface area contributed by atoms with Crippen LogP contribution in [0.15, 0.2) is 0 Å². The fourth-order valence-electron chi connectivity index (χ4n) is 1.97. The molecule has 1 fully saturated rings. The third-order valence-electron chi connectivity index (χ3n) is 2.84.